The van der Waals surface area contributed by atoms with Crippen molar-refractivity contribution in [3.05, 3.63) is 72.9 Å². The molecule has 4 nitrogen and oxygen atoms in total. The minimum Gasteiger partial charge on any atom is -0.481 e. The number of hydrogen-bond donors (Lipinski definition) is 2. The summed E-state index contributed by atoms with van der Waals surface area (Å²) < 4.78 is 0. The number of allylic oxidation sites excluding steroid dienone is 10. The molecule has 0 aliphatic heterocycles. The maximum absolute atomic E-state index is 11.8. The first kappa shape index (κ1) is 19.4. The van der Waals surface area contributed by atoms with Gasteiger partial charge >= 0.3 is 11.9 Å². The van der Waals surface area contributed by atoms with Crippen molar-refractivity contribution in [2.45, 2.75) is 13.8 Å². The number of carbonyl (C=O) groups is 2. The predicted octanol–water partition coefficient (Wildman–Crippen LogP) is 4.01. The smallest absolute Gasteiger partial charge is 0.307 e. The Bertz CT molecular complexity index is 612. The molecule has 0 aromatic carbocycles. The molecule has 0 radical (unpaired) electrons. The van der Waals surface area contributed by atoms with E-state index in [1.54, 1.807) is 55.5 Å². The van der Waals surface area contributed by atoms with Gasteiger partial charge < -0.3 is 10.2 Å². The van der Waals surface area contributed by atoms with Crippen molar-refractivity contribution >= 4 is 11.9 Å². The molecule has 0 amide bonds. The van der Waals surface area contributed by atoms with Crippen molar-refractivity contribution in [2.75, 3.05) is 0 Å². The van der Waals surface area contributed by atoms with E-state index in [0.29, 0.717) is 11.1 Å². The molecule has 0 bridgehead atoms. The highest BCUT2D eigenvalue weighted by Gasteiger charge is 2.59. The summed E-state index contributed by atoms with van der Waals surface area (Å²) in [6, 6.07) is 0. The van der Waals surface area contributed by atoms with Crippen LogP contribution in [0.2, 0.25) is 0 Å². The van der Waals surface area contributed by atoms with Crippen LogP contribution in [0, 0.1) is 23.7 Å². The molecule has 0 aromatic rings. The molecule has 1 aliphatic rings. The number of carboxylic acid groups (broad SMARTS) is 2. The van der Waals surface area contributed by atoms with Gasteiger partial charge in [0, 0.05) is 11.8 Å². The van der Waals surface area contributed by atoms with Crippen LogP contribution >= 0.6 is 0 Å². The van der Waals surface area contributed by atoms with Crippen molar-refractivity contribution in [3.8, 4) is 0 Å². The van der Waals surface area contributed by atoms with Gasteiger partial charge in [0.25, 0.3) is 0 Å². The quantitative estimate of drug-likeness (QED) is 0.660. The fourth-order valence-corrected chi connectivity index (χ4v) is 3.32. The van der Waals surface area contributed by atoms with Gasteiger partial charge in [0.2, 0.25) is 0 Å². The lowest BCUT2D eigenvalue weighted by Crippen LogP contribution is -2.55. The first-order chi connectivity index (χ1) is 11.4. The standard InChI is InChI=1S/C20H24O4/c1-5-9-12-13(8-4)15-17(19(21)22)16(18(15)20(23)24)14(10-6-2)11-7-3/h5-12,15-18H,2,4H2,1,3H3,(H,21,22)(H,23,24)/b9-5-,11-7-,13-12+,14-10+/t15?,16?,17-,18-/m1/s1. The first-order valence-electron chi connectivity index (χ1n) is 7.80. The van der Waals surface area contributed by atoms with Crippen LogP contribution in [0.3, 0.4) is 0 Å². The van der Waals surface area contributed by atoms with E-state index >= 15 is 0 Å². The molecule has 1 saturated carbocycles. The van der Waals surface area contributed by atoms with Crippen molar-refractivity contribution in [3.63, 3.8) is 0 Å². The highest BCUT2D eigenvalue weighted by molar-refractivity contribution is 5.82. The second-order valence-electron chi connectivity index (χ2n) is 5.58. The molecule has 0 saturated heterocycles. The van der Waals surface area contributed by atoms with Gasteiger partial charge in [0.05, 0.1) is 11.8 Å². The van der Waals surface area contributed by atoms with Gasteiger partial charge in [-0.05, 0) is 25.0 Å². The van der Waals surface area contributed by atoms with Crippen molar-refractivity contribution in [1.29, 1.82) is 0 Å². The van der Waals surface area contributed by atoms with Crippen LogP contribution in [0.1, 0.15) is 13.8 Å². The number of hydrogen-bond acceptors (Lipinski definition) is 2. The van der Waals surface area contributed by atoms with Gasteiger partial charge in [-0.1, -0.05) is 61.8 Å². The molecular weight excluding hydrogens is 304 g/mol. The monoisotopic (exact) mass is 328 g/mol. The molecule has 24 heavy (non-hydrogen) atoms. The summed E-state index contributed by atoms with van der Waals surface area (Å²) in [6.45, 7) is 11.0. The molecule has 1 aliphatic carbocycles. The molecule has 0 spiro atoms. The van der Waals surface area contributed by atoms with Crippen molar-refractivity contribution in [1.82, 2.24) is 0 Å². The third-order valence-corrected chi connectivity index (χ3v) is 4.27. The summed E-state index contributed by atoms with van der Waals surface area (Å²) in [7, 11) is 0. The Morgan fingerprint density at radius 3 is 1.75 bits per heavy atom. The molecule has 1 fully saturated rings. The van der Waals surface area contributed by atoms with E-state index in [1.165, 1.54) is 0 Å². The van der Waals surface area contributed by atoms with Crippen LogP contribution < -0.4 is 0 Å². The third kappa shape index (κ3) is 3.82. The normalized spacial score (nSPS) is 27.9. The Labute approximate surface area is 142 Å². The van der Waals surface area contributed by atoms with E-state index in [1.807, 2.05) is 6.92 Å². The topological polar surface area (TPSA) is 74.6 Å². The van der Waals surface area contributed by atoms with Crippen LogP contribution in [-0.4, -0.2) is 22.2 Å². The molecule has 0 aromatic heterocycles. The van der Waals surface area contributed by atoms with E-state index in [2.05, 4.69) is 13.2 Å². The fraction of sp³-hybridized carbons (Fsp3) is 0.300. The lowest BCUT2D eigenvalue weighted by molar-refractivity contribution is -0.165. The average Bonchev–Trinajstić information content (AvgIpc) is 2.49. The van der Waals surface area contributed by atoms with Gasteiger partial charge in [0.1, 0.15) is 0 Å². The van der Waals surface area contributed by atoms with Crippen LogP contribution in [0.4, 0.5) is 0 Å². The zero-order valence-electron chi connectivity index (χ0n) is 14.1. The van der Waals surface area contributed by atoms with Crippen molar-refractivity contribution < 1.29 is 19.8 Å². The predicted molar refractivity (Wildman–Crippen MR) is 95.4 cm³/mol. The minimum atomic E-state index is -1.00. The summed E-state index contributed by atoms with van der Waals surface area (Å²) >= 11 is 0. The van der Waals surface area contributed by atoms with Gasteiger partial charge in [-0.25, -0.2) is 0 Å². The summed E-state index contributed by atoms with van der Waals surface area (Å²) in [4.78, 5) is 23.7. The summed E-state index contributed by atoms with van der Waals surface area (Å²) in [5, 5.41) is 19.4. The first-order valence-corrected chi connectivity index (χ1v) is 7.80. The zero-order chi connectivity index (χ0) is 18.3. The van der Waals surface area contributed by atoms with Crippen LogP contribution in [0.25, 0.3) is 0 Å². The molecule has 0 heterocycles. The van der Waals surface area contributed by atoms with Crippen molar-refractivity contribution in [2.24, 2.45) is 23.7 Å². The minimum absolute atomic E-state index is 0.604. The van der Waals surface area contributed by atoms with Crippen LogP contribution in [0.15, 0.2) is 72.9 Å². The van der Waals surface area contributed by atoms with E-state index in [4.69, 9.17) is 0 Å². The van der Waals surface area contributed by atoms with E-state index < -0.39 is 35.6 Å². The van der Waals surface area contributed by atoms with Crippen LogP contribution in [-0.2, 0) is 9.59 Å². The number of carboxylic acids is 2. The summed E-state index contributed by atoms with van der Waals surface area (Å²) in [5.74, 6) is -4.86. The van der Waals surface area contributed by atoms with E-state index in [-0.39, 0.29) is 0 Å². The maximum atomic E-state index is 11.8. The second kappa shape index (κ2) is 8.87. The SMILES string of the molecule is C=C/C=C(\C=C/C)C1[C@H](C(=O)O)C(/C(C=C)=C/C=C\C)[C@H]1C(=O)O. The Kier molecular flexibility index (Phi) is 7.18. The number of aliphatic carboxylic acids is 2. The molecule has 2 atom stereocenters. The lowest BCUT2D eigenvalue weighted by atomic mass is 9.52. The molecule has 2 N–H and O–H groups in total. The lowest BCUT2D eigenvalue weighted by Gasteiger charge is -2.49. The third-order valence-electron chi connectivity index (χ3n) is 4.27. The maximum Gasteiger partial charge on any atom is 0.307 e. The Balaban J connectivity index is 3.43. The van der Waals surface area contributed by atoms with Gasteiger partial charge in [-0.15, -0.1) is 0 Å². The van der Waals surface area contributed by atoms with Gasteiger partial charge in [0.15, 0.2) is 0 Å². The molecule has 1 rings (SSSR count). The Hall–Kier alpha value is -2.62. The van der Waals surface area contributed by atoms with E-state index in [0.717, 1.165) is 0 Å². The molecule has 0 unspecified atom stereocenters. The zero-order valence-corrected chi connectivity index (χ0v) is 14.1. The average molecular weight is 328 g/mol. The van der Waals surface area contributed by atoms with Gasteiger partial charge in [-0.3, -0.25) is 9.59 Å². The highest BCUT2D eigenvalue weighted by Crippen LogP contribution is 2.54. The molecule has 128 valence electrons. The fourth-order valence-electron chi connectivity index (χ4n) is 3.32. The number of rotatable bonds is 8. The largest absolute Gasteiger partial charge is 0.481 e. The summed E-state index contributed by atoms with van der Waals surface area (Å²) in [6.07, 6.45) is 13.6. The van der Waals surface area contributed by atoms with Gasteiger partial charge in [-0.2, -0.15) is 0 Å². The van der Waals surface area contributed by atoms with E-state index in [9.17, 15) is 19.8 Å². The Morgan fingerprint density at radius 1 is 0.833 bits per heavy atom. The molecule has 4 heteroatoms. The summed E-state index contributed by atoms with van der Waals surface area (Å²) in [5.41, 5.74) is 1.29. The van der Waals surface area contributed by atoms with Crippen LogP contribution in [0.5, 0.6) is 0 Å². The second-order valence-corrected chi connectivity index (χ2v) is 5.58. The highest BCUT2D eigenvalue weighted by atomic mass is 16.4. The Morgan fingerprint density at radius 2 is 1.38 bits per heavy atom. The molecular formula is C20H24O4.